The lowest BCUT2D eigenvalue weighted by Gasteiger charge is -2.23. The van der Waals surface area contributed by atoms with Gasteiger partial charge in [0.25, 0.3) is 0 Å². The molecule has 2 rings (SSSR count). The summed E-state index contributed by atoms with van der Waals surface area (Å²) in [7, 11) is 0. The highest BCUT2D eigenvalue weighted by Gasteiger charge is 2.13. The average molecular weight is 278 g/mol. The number of nitrogens with one attached hydrogen (secondary N) is 1. The van der Waals surface area contributed by atoms with Gasteiger partial charge in [0.1, 0.15) is 11.5 Å². The Kier molecular flexibility index (Phi) is 5.67. The Morgan fingerprint density at radius 3 is 2.25 bits per heavy atom. The maximum absolute atomic E-state index is 5.95. The fourth-order valence-electron chi connectivity index (χ4n) is 2.65. The minimum absolute atomic E-state index is 0.135. The lowest BCUT2D eigenvalue weighted by Crippen LogP contribution is -2.34. The Morgan fingerprint density at radius 2 is 1.60 bits per heavy atom. The van der Waals surface area contributed by atoms with Crippen LogP contribution in [-0.4, -0.2) is 23.5 Å². The molecular formula is C17H30N2O. The Bertz CT molecular complexity index is 384. The quantitative estimate of drug-likeness (QED) is 0.904. The predicted octanol–water partition coefficient (Wildman–Crippen LogP) is 3.93. The molecule has 0 aliphatic carbocycles. The van der Waals surface area contributed by atoms with Crippen molar-refractivity contribution >= 4 is 0 Å². The Morgan fingerprint density at radius 1 is 1.00 bits per heavy atom. The molecule has 1 aliphatic heterocycles. The van der Waals surface area contributed by atoms with Crippen molar-refractivity contribution in [3.63, 3.8) is 0 Å². The summed E-state index contributed by atoms with van der Waals surface area (Å²) >= 11 is 0. The standard InChI is InChI=1S/C17H30N2O/c1-17(2,3)18-13-15-9-10-16(20-15)14-19-11-7-5-4-6-8-12-19/h9-10,18H,4-8,11-14H2,1-3H3. The molecule has 0 saturated carbocycles. The molecule has 0 unspecified atom stereocenters. The molecule has 1 aromatic rings. The van der Waals surface area contributed by atoms with Gasteiger partial charge < -0.3 is 9.73 Å². The van der Waals surface area contributed by atoms with Gasteiger partial charge in [0.05, 0.1) is 13.1 Å². The van der Waals surface area contributed by atoms with Gasteiger partial charge in [0, 0.05) is 5.54 Å². The fourth-order valence-corrected chi connectivity index (χ4v) is 2.65. The van der Waals surface area contributed by atoms with E-state index in [0.717, 1.165) is 24.6 Å². The molecule has 20 heavy (non-hydrogen) atoms. The molecule has 3 nitrogen and oxygen atoms in total. The number of furan rings is 1. The molecule has 1 fully saturated rings. The van der Waals surface area contributed by atoms with Crippen molar-refractivity contribution in [1.82, 2.24) is 10.2 Å². The minimum Gasteiger partial charge on any atom is -0.463 e. The topological polar surface area (TPSA) is 28.4 Å². The lowest BCUT2D eigenvalue weighted by molar-refractivity contribution is 0.219. The highest BCUT2D eigenvalue weighted by Crippen LogP contribution is 2.16. The Labute approximate surface area is 123 Å². The molecule has 0 atom stereocenters. The normalized spacial score (nSPS) is 18.8. The molecule has 0 radical (unpaired) electrons. The molecule has 3 heteroatoms. The van der Waals surface area contributed by atoms with Crippen LogP contribution in [0.2, 0.25) is 0 Å². The van der Waals surface area contributed by atoms with E-state index in [9.17, 15) is 0 Å². The van der Waals surface area contributed by atoms with Gasteiger partial charge in [-0.25, -0.2) is 0 Å². The monoisotopic (exact) mass is 278 g/mol. The Balaban J connectivity index is 1.82. The van der Waals surface area contributed by atoms with Crippen LogP contribution in [-0.2, 0) is 13.1 Å². The molecule has 114 valence electrons. The summed E-state index contributed by atoms with van der Waals surface area (Å²) in [6.07, 6.45) is 6.85. The zero-order chi connectivity index (χ0) is 14.4. The molecule has 1 N–H and O–H groups in total. The third-order valence-corrected chi connectivity index (χ3v) is 3.84. The molecule has 0 amide bonds. The van der Waals surface area contributed by atoms with Gasteiger partial charge in [-0.3, -0.25) is 4.90 Å². The van der Waals surface area contributed by atoms with Crippen molar-refractivity contribution in [2.45, 2.75) is 71.5 Å². The molecule has 1 saturated heterocycles. The van der Waals surface area contributed by atoms with Crippen LogP contribution in [0.3, 0.4) is 0 Å². The second-order valence-corrected chi connectivity index (χ2v) is 7.02. The van der Waals surface area contributed by atoms with Crippen LogP contribution in [0.25, 0.3) is 0 Å². The lowest BCUT2D eigenvalue weighted by atomic mass is 10.1. The summed E-state index contributed by atoms with van der Waals surface area (Å²) in [5, 5.41) is 3.47. The van der Waals surface area contributed by atoms with E-state index < -0.39 is 0 Å². The van der Waals surface area contributed by atoms with Crippen LogP contribution in [0, 0.1) is 0 Å². The van der Waals surface area contributed by atoms with Crippen molar-refractivity contribution in [3.8, 4) is 0 Å². The van der Waals surface area contributed by atoms with Crippen molar-refractivity contribution in [1.29, 1.82) is 0 Å². The van der Waals surface area contributed by atoms with E-state index in [1.54, 1.807) is 0 Å². The highest BCUT2D eigenvalue weighted by molar-refractivity contribution is 5.07. The summed E-state index contributed by atoms with van der Waals surface area (Å²) < 4.78 is 5.95. The van der Waals surface area contributed by atoms with Gasteiger partial charge in [-0.1, -0.05) is 19.3 Å². The first-order chi connectivity index (χ1) is 9.53. The molecule has 0 bridgehead atoms. The Hall–Kier alpha value is -0.800. The maximum Gasteiger partial charge on any atom is 0.118 e. The van der Waals surface area contributed by atoms with Crippen LogP contribution in [0.4, 0.5) is 0 Å². The smallest absolute Gasteiger partial charge is 0.118 e. The van der Waals surface area contributed by atoms with E-state index in [1.807, 2.05) is 0 Å². The molecule has 2 heterocycles. The zero-order valence-electron chi connectivity index (χ0n) is 13.4. The van der Waals surface area contributed by atoms with Gasteiger partial charge in [-0.2, -0.15) is 0 Å². The second-order valence-electron chi connectivity index (χ2n) is 7.02. The van der Waals surface area contributed by atoms with Crippen LogP contribution in [0.15, 0.2) is 16.5 Å². The summed E-state index contributed by atoms with van der Waals surface area (Å²) in [6.45, 7) is 10.7. The third-order valence-electron chi connectivity index (χ3n) is 3.84. The largest absolute Gasteiger partial charge is 0.463 e. The number of nitrogens with zero attached hydrogens (tertiary/aromatic N) is 1. The SMILES string of the molecule is CC(C)(C)NCc1ccc(CN2CCCCCCC2)o1. The third kappa shape index (κ3) is 5.68. The van der Waals surface area contributed by atoms with E-state index in [0.29, 0.717) is 0 Å². The van der Waals surface area contributed by atoms with Crippen molar-refractivity contribution in [3.05, 3.63) is 23.7 Å². The van der Waals surface area contributed by atoms with Crippen molar-refractivity contribution in [2.24, 2.45) is 0 Å². The van der Waals surface area contributed by atoms with Crippen LogP contribution in [0.1, 0.15) is 64.4 Å². The number of rotatable bonds is 4. The summed E-state index contributed by atoms with van der Waals surface area (Å²) in [5.74, 6) is 2.15. The molecule has 0 spiro atoms. The van der Waals surface area contributed by atoms with Crippen LogP contribution < -0.4 is 5.32 Å². The van der Waals surface area contributed by atoms with E-state index >= 15 is 0 Å². The van der Waals surface area contributed by atoms with Gasteiger partial charge in [0.2, 0.25) is 0 Å². The number of hydrogen-bond donors (Lipinski definition) is 1. The fraction of sp³-hybridized carbons (Fsp3) is 0.765. The predicted molar refractivity (Wildman–Crippen MR) is 83.7 cm³/mol. The summed E-state index contributed by atoms with van der Waals surface area (Å²) in [5.41, 5.74) is 0.135. The van der Waals surface area contributed by atoms with E-state index in [1.165, 1.54) is 45.2 Å². The average Bonchev–Trinajstić information content (AvgIpc) is 2.77. The molecule has 1 aliphatic rings. The molecule has 0 aromatic carbocycles. The van der Waals surface area contributed by atoms with Gasteiger partial charge in [0.15, 0.2) is 0 Å². The second kappa shape index (κ2) is 7.28. The van der Waals surface area contributed by atoms with E-state index in [2.05, 4.69) is 43.1 Å². The van der Waals surface area contributed by atoms with Crippen molar-refractivity contribution < 1.29 is 4.42 Å². The van der Waals surface area contributed by atoms with Gasteiger partial charge >= 0.3 is 0 Å². The van der Waals surface area contributed by atoms with Crippen LogP contribution >= 0.6 is 0 Å². The van der Waals surface area contributed by atoms with Crippen LogP contribution in [0.5, 0.6) is 0 Å². The van der Waals surface area contributed by atoms with Gasteiger partial charge in [-0.15, -0.1) is 0 Å². The zero-order valence-corrected chi connectivity index (χ0v) is 13.4. The van der Waals surface area contributed by atoms with E-state index in [4.69, 9.17) is 4.42 Å². The number of hydrogen-bond acceptors (Lipinski definition) is 3. The first-order valence-corrected chi connectivity index (χ1v) is 8.08. The minimum atomic E-state index is 0.135. The molecular weight excluding hydrogens is 248 g/mol. The van der Waals surface area contributed by atoms with Gasteiger partial charge in [-0.05, 0) is 58.8 Å². The highest BCUT2D eigenvalue weighted by atomic mass is 16.3. The summed E-state index contributed by atoms with van der Waals surface area (Å²) in [4.78, 5) is 2.54. The number of likely N-dealkylation sites (tertiary alicyclic amines) is 1. The van der Waals surface area contributed by atoms with Crippen molar-refractivity contribution in [2.75, 3.05) is 13.1 Å². The maximum atomic E-state index is 5.95. The first-order valence-electron chi connectivity index (χ1n) is 8.08. The molecule has 1 aromatic heterocycles. The summed E-state index contributed by atoms with van der Waals surface area (Å²) in [6, 6.07) is 4.25. The first kappa shape index (κ1) is 15.6. The van der Waals surface area contributed by atoms with E-state index in [-0.39, 0.29) is 5.54 Å².